The number of likely N-dealkylation sites (N-methyl/N-ethyl adjacent to an activating group) is 2. The maximum absolute atomic E-state index is 13.5. The number of amides is 1. The van der Waals surface area contributed by atoms with Crippen LogP contribution >= 0.6 is 0 Å². The molecule has 3 aliphatic carbocycles. The standard InChI is InChI=1S/C32H38N2O5/c1-33(27(36)12-9-20-5-4-6-23(17-20)38-3)24-13-14-32(37)26-18-22-10-11-25(35)29-28(22)31(32,30(24)39-29)15-16-34(26,2)19-21-7-8-21/h4-6,9-12,17,21,24,26,30,37H,7-8,13-16,18-19H2,1-3H3/p+1/t24?,26-,30?,31+,32?,34?/m1/s1. The summed E-state index contributed by atoms with van der Waals surface area (Å²) in [5.74, 6) is 2.05. The van der Waals surface area contributed by atoms with Crippen LogP contribution in [0.5, 0.6) is 17.2 Å². The molecule has 0 aromatic heterocycles. The SMILES string of the molecule is COc1cccc(C=CC(=O)N(C)C2CCC3(O)[C@H]4Cc5ccc(O)c6c5[C@@]3(CC[N+]4(C)CC3CC3)C2O6)c1. The Bertz CT molecular complexity index is 1370. The van der Waals surface area contributed by atoms with Crippen molar-refractivity contribution in [2.75, 3.05) is 34.3 Å². The van der Waals surface area contributed by atoms with Crippen LogP contribution in [0.25, 0.3) is 6.08 Å². The second-order valence-electron chi connectivity index (χ2n) is 12.8. The number of phenols is 1. The van der Waals surface area contributed by atoms with Crippen molar-refractivity contribution in [3.8, 4) is 17.2 Å². The topological polar surface area (TPSA) is 79.2 Å². The van der Waals surface area contributed by atoms with Crippen molar-refractivity contribution < 1.29 is 29.0 Å². The highest BCUT2D eigenvalue weighted by molar-refractivity contribution is 5.92. The number of ether oxygens (including phenoxy) is 2. The molecule has 1 saturated heterocycles. The predicted octanol–water partition coefficient (Wildman–Crippen LogP) is 3.65. The van der Waals surface area contributed by atoms with Crippen LogP contribution in [-0.2, 0) is 16.6 Å². The second-order valence-corrected chi connectivity index (χ2v) is 12.8. The molecule has 2 heterocycles. The third-order valence-electron chi connectivity index (χ3n) is 10.8. The number of nitrogens with zero attached hydrogens (tertiary/aromatic N) is 2. The molecule has 6 atom stereocenters. The van der Waals surface area contributed by atoms with Gasteiger partial charge in [-0.3, -0.25) is 4.79 Å². The molecule has 0 radical (unpaired) electrons. The Labute approximate surface area is 230 Å². The highest BCUT2D eigenvalue weighted by Crippen LogP contribution is 2.66. The van der Waals surface area contributed by atoms with Crippen LogP contribution in [0.1, 0.15) is 48.8 Å². The molecule has 2 aliphatic heterocycles. The number of hydrogen-bond acceptors (Lipinski definition) is 5. The maximum atomic E-state index is 13.5. The number of carbonyl (C=O) groups is 1. The zero-order valence-corrected chi connectivity index (χ0v) is 23.1. The van der Waals surface area contributed by atoms with Crippen LogP contribution in [0, 0.1) is 5.92 Å². The maximum Gasteiger partial charge on any atom is 0.246 e. The minimum Gasteiger partial charge on any atom is -0.504 e. The van der Waals surface area contributed by atoms with Crippen LogP contribution in [0.15, 0.2) is 42.5 Å². The van der Waals surface area contributed by atoms with Crippen molar-refractivity contribution in [2.24, 2.45) is 5.92 Å². The van der Waals surface area contributed by atoms with Crippen molar-refractivity contribution >= 4 is 12.0 Å². The molecular formula is C32H39N2O5+. The molecule has 1 amide bonds. The van der Waals surface area contributed by atoms with Crippen molar-refractivity contribution in [1.82, 2.24) is 4.90 Å². The number of likely N-dealkylation sites (tertiary alicyclic amines) is 1. The smallest absolute Gasteiger partial charge is 0.246 e. The quantitative estimate of drug-likeness (QED) is 0.440. The summed E-state index contributed by atoms with van der Waals surface area (Å²) in [6.45, 7) is 2.09. The number of methoxy groups -OCH3 is 1. The monoisotopic (exact) mass is 531 g/mol. The van der Waals surface area contributed by atoms with Gasteiger partial charge in [0.1, 0.15) is 23.5 Å². The van der Waals surface area contributed by atoms with Crippen LogP contribution < -0.4 is 9.47 Å². The van der Waals surface area contributed by atoms with Gasteiger partial charge in [0.15, 0.2) is 11.5 Å². The summed E-state index contributed by atoms with van der Waals surface area (Å²) < 4.78 is 12.9. The fourth-order valence-corrected chi connectivity index (χ4v) is 8.72. The summed E-state index contributed by atoms with van der Waals surface area (Å²) in [6, 6.07) is 11.3. The molecule has 2 saturated carbocycles. The minimum absolute atomic E-state index is 0.0795. The number of aromatic hydroxyl groups is 1. The Morgan fingerprint density at radius 2 is 2.05 bits per heavy atom. The Morgan fingerprint density at radius 3 is 2.82 bits per heavy atom. The summed E-state index contributed by atoms with van der Waals surface area (Å²) in [6.07, 6.45) is 8.45. The molecule has 7 heteroatoms. The van der Waals surface area contributed by atoms with Gasteiger partial charge in [0.2, 0.25) is 5.91 Å². The predicted molar refractivity (Wildman–Crippen MR) is 148 cm³/mol. The molecule has 3 fully saturated rings. The number of rotatable bonds is 6. The fraction of sp³-hybridized carbons (Fsp3) is 0.531. The Balaban J connectivity index is 1.25. The van der Waals surface area contributed by atoms with Gasteiger partial charge in [-0.05, 0) is 61.1 Å². The van der Waals surface area contributed by atoms with E-state index in [9.17, 15) is 15.0 Å². The lowest BCUT2D eigenvalue weighted by molar-refractivity contribution is -0.950. The molecule has 206 valence electrons. The fourth-order valence-electron chi connectivity index (χ4n) is 8.72. The van der Waals surface area contributed by atoms with Crippen molar-refractivity contribution in [3.05, 3.63) is 59.2 Å². The summed E-state index contributed by atoms with van der Waals surface area (Å²) >= 11 is 0. The van der Waals surface area contributed by atoms with Gasteiger partial charge in [-0.2, -0.15) is 0 Å². The van der Waals surface area contributed by atoms with Crippen LogP contribution in [0.3, 0.4) is 0 Å². The molecule has 2 aromatic carbocycles. The van der Waals surface area contributed by atoms with Gasteiger partial charge >= 0.3 is 0 Å². The van der Waals surface area contributed by atoms with Crippen LogP contribution in [-0.4, -0.2) is 83.6 Å². The van der Waals surface area contributed by atoms with E-state index in [0.29, 0.717) is 18.6 Å². The third kappa shape index (κ3) is 3.45. The molecule has 7 nitrogen and oxygen atoms in total. The molecule has 2 bridgehead atoms. The summed E-state index contributed by atoms with van der Waals surface area (Å²) in [5.41, 5.74) is 1.51. The molecule has 4 unspecified atom stereocenters. The average Bonchev–Trinajstić information content (AvgIpc) is 3.66. The van der Waals surface area contributed by atoms with E-state index >= 15 is 0 Å². The normalized spacial score (nSPS) is 35.8. The Morgan fingerprint density at radius 1 is 1.23 bits per heavy atom. The number of quaternary nitrogens is 1. The molecule has 7 rings (SSSR count). The Kier molecular flexibility index (Phi) is 5.43. The molecule has 2 N–H and O–H groups in total. The first-order valence-corrected chi connectivity index (χ1v) is 14.4. The first-order valence-electron chi connectivity index (χ1n) is 14.4. The van der Waals surface area contributed by atoms with Gasteiger partial charge in [0, 0.05) is 37.4 Å². The van der Waals surface area contributed by atoms with E-state index in [0.717, 1.165) is 53.2 Å². The average molecular weight is 532 g/mol. The van der Waals surface area contributed by atoms with E-state index in [1.165, 1.54) is 18.4 Å². The number of hydrogen-bond donors (Lipinski definition) is 2. The van der Waals surface area contributed by atoms with Crippen molar-refractivity contribution in [1.29, 1.82) is 0 Å². The minimum atomic E-state index is -0.942. The van der Waals surface area contributed by atoms with Gasteiger partial charge in [0.05, 0.1) is 38.7 Å². The summed E-state index contributed by atoms with van der Waals surface area (Å²) in [4.78, 5) is 15.3. The van der Waals surface area contributed by atoms with Crippen LogP contribution in [0.2, 0.25) is 0 Å². The van der Waals surface area contributed by atoms with Crippen molar-refractivity contribution in [3.63, 3.8) is 0 Å². The summed E-state index contributed by atoms with van der Waals surface area (Å²) in [5, 5.41) is 23.7. The number of phenolic OH excluding ortho intramolecular Hbond substituents is 1. The van der Waals surface area contributed by atoms with Crippen LogP contribution in [0.4, 0.5) is 0 Å². The van der Waals surface area contributed by atoms with Crippen molar-refractivity contribution in [2.45, 2.75) is 67.7 Å². The number of carbonyl (C=O) groups excluding carboxylic acids is 1. The van der Waals surface area contributed by atoms with E-state index in [1.807, 2.05) is 43.5 Å². The van der Waals surface area contributed by atoms with Gasteiger partial charge in [0.25, 0.3) is 0 Å². The number of aliphatic hydroxyl groups is 1. The van der Waals surface area contributed by atoms with E-state index in [-0.39, 0.29) is 23.7 Å². The molecular weight excluding hydrogens is 492 g/mol. The second kappa shape index (κ2) is 8.48. The molecule has 39 heavy (non-hydrogen) atoms. The van der Waals surface area contributed by atoms with E-state index in [1.54, 1.807) is 24.2 Å². The first kappa shape index (κ1) is 25.0. The highest BCUT2D eigenvalue weighted by atomic mass is 16.5. The van der Waals surface area contributed by atoms with E-state index in [4.69, 9.17) is 9.47 Å². The van der Waals surface area contributed by atoms with E-state index < -0.39 is 17.1 Å². The lowest BCUT2D eigenvalue weighted by Gasteiger charge is -2.66. The lowest BCUT2D eigenvalue weighted by atomic mass is 9.47. The van der Waals surface area contributed by atoms with Gasteiger partial charge < -0.3 is 29.1 Å². The first-order chi connectivity index (χ1) is 18.7. The molecule has 1 spiro atoms. The summed E-state index contributed by atoms with van der Waals surface area (Å²) in [7, 11) is 5.81. The third-order valence-corrected chi connectivity index (χ3v) is 10.8. The number of piperidine rings is 1. The van der Waals surface area contributed by atoms with Gasteiger partial charge in [-0.25, -0.2) is 0 Å². The lowest BCUT2D eigenvalue weighted by Crippen LogP contribution is -2.82. The largest absolute Gasteiger partial charge is 0.504 e. The molecule has 2 aromatic rings. The van der Waals surface area contributed by atoms with Gasteiger partial charge in [-0.15, -0.1) is 0 Å². The number of benzene rings is 2. The zero-order valence-electron chi connectivity index (χ0n) is 23.1. The van der Waals surface area contributed by atoms with Gasteiger partial charge in [-0.1, -0.05) is 18.2 Å². The highest BCUT2D eigenvalue weighted by Gasteiger charge is 2.76. The zero-order chi connectivity index (χ0) is 27.2. The van der Waals surface area contributed by atoms with E-state index in [2.05, 4.69) is 7.05 Å². The Hall–Kier alpha value is -3.03. The molecule has 5 aliphatic rings.